The molecule has 10 heteroatoms. The number of hydrogen-bond acceptors (Lipinski definition) is 7. The number of aromatic amines is 1. The maximum atomic E-state index is 13.1. The molecule has 0 amide bonds. The SMILES string of the molecule is CN(c1ncnc2[nH]ccc12)[C@H]1CC[C@H](CS(=O)(=O)N2CCC(Cc3ncccn3)CC2)CC1. The second-order valence-electron chi connectivity index (χ2n) is 9.71. The van der Waals surface area contributed by atoms with Gasteiger partial charge in [0.15, 0.2) is 0 Å². The predicted molar refractivity (Wildman–Crippen MR) is 132 cm³/mol. The fraction of sp³-hybridized carbons (Fsp3) is 0.583. The van der Waals surface area contributed by atoms with Crippen molar-refractivity contribution in [2.75, 3.05) is 30.8 Å². The summed E-state index contributed by atoms with van der Waals surface area (Å²) in [5.41, 5.74) is 0.844. The molecule has 1 aliphatic heterocycles. The largest absolute Gasteiger partial charge is 0.356 e. The molecule has 1 N–H and O–H groups in total. The van der Waals surface area contributed by atoms with Crippen LogP contribution in [0.1, 0.15) is 44.3 Å². The Kier molecular flexibility index (Phi) is 6.78. The summed E-state index contributed by atoms with van der Waals surface area (Å²) >= 11 is 0. The van der Waals surface area contributed by atoms with Gasteiger partial charge in [0.25, 0.3) is 0 Å². The molecule has 0 spiro atoms. The lowest BCUT2D eigenvalue weighted by atomic mass is 9.86. The number of piperidine rings is 1. The fourth-order valence-corrected chi connectivity index (χ4v) is 7.41. The minimum absolute atomic E-state index is 0.225. The van der Waals surface area contributed by atoms with Crippen LogP contribution < -0.4 is 4.90 Å². The molecule has 3 aromatic heterocycles. The van der Waals surface area contributed by atoms with Crippen LogP contribution in [-0.4, -0.2) is 69.6 Å². The van der Waals surface area contributed by atoms with Gasteiger partial charge in [-0.1, -0.05) is 0 Å². The van der Waals surface area contributed by atoms with Crippen LogP contribution >= 0.6 is 0 Å². The average Bonchev–Trinajstić information content (AvgIpc) is 3.34. The second kappa shape index (κ2) is 9.95. The van der Waals surface area contributed by atoms with Gasteiger partial charge in [-0.05, 0) is 62.5 Å². The third-order valence-corrected chi connectivity index (χ3v) is 9.58. The molecule has 1 saturated carbocycles. The molecule has 0 atom stereocenters. The van der Waals surface area contributed by atoms with E-state index in [9.17, 15) is 8.42 Å². The number of rotatable bonds is 7. The highest BCUT2D eigenvalue weighted by atomic mass is 32.2. The van der Waals surface area contributed by atoms with Crippen molar-refractivity contribution >= 4 is 26.9 Å². The van der Waals surface area contributed by atoms with E-state index in [0.29, 0.717) is 25.0 Å². The van der Waals surface area contributed by atoms with Crippen LogP contribution in [0.4, 0.5) is 5.82 Å². The van der Waals surface area contributed by atoms with Crippen LogP contribution in [0, 0.1) is 11.8 Å². The molecule has 0 aromatic carbocycles. The number of sulfonamides is 1. The van der Waals surface area contributed by atoms with E-state index in [0.717, 1.165) is 67.6 Å². The fourth-order valence-electron chi connectivity index (χ4n) is 5.50. The number of hydrogen-bond donors (Lipinski definition) is 1. The van der Waals surface area contributed by atoms with Crippen LogP contribution in [0.25, 0.3) is 11.0 Å². The molecule has 0 unspecified atom stereocenters. The van der Waals surface area contributed by atoms with Crippen molar-refractivity contribution < 1.29 is 8.42 Å². The van der Waals surface area contributed by atoms with Crippen molar-refractivity contribution in [3.8, 4) is 0 Å². The maximum Gasteiger partial charge on any atom is 0.214 e. The third-order valence-electron chi connectivity index (χ3n) is 7.53. The minimum atomic E-state index is -3.23. The van der Waals surface area contributed by atoms with Gasteiger partial charge in [0.1, 0.15) is 23.6 Å². The van der Waals surface area contributed by atoms with Crippen molar-refractivity contribution in [1.29, 1.82) is 0 Å². The topological polar surface area (TPSA) is 108 Å². The Morgan fingerprint density at radius 2 is 1.74 bits per heavy atom. The number of H-pyrrole nitrogens is 1. The predicted octanol–water partition coefficient (Wildman–Crippen LogP) is 3.03. The van der Waals surface area contributed by atoms with Gasteiger partial charge in [0, 0.05) is 51.2 Å². The van der Waals surface area contributed by atoms with Gasteiger partial charge in [-0.3, -0.25) is 0 Å². The Labute approximate surface area is 201 Å². The van der Waals surface area contributed by atoms with Gasteiger partial charge in [-0.25, -0.2) is 32.7 Å². The highest BCUT2D eigenvalue weighted by Crippen LogP contribution is 2.33. The lowest BCUT2D eigenvalue weighted by Gasteiger charge is -2.36. The molecule has 2 fully saturated rings. The molecule has 9 nitrogen and oxygen atoms in total. The number of nitrogens with one attached hydrogen (secondary N) is 1. The summed E-state index contributed by atoms with van der Waals surface area (Å²) in [4.78, 5) is 22.8. The highest BCUT2D eigenvalue weighted by Gasteiger charge is 2.33. The van der Waals surface area contributed by atoms with E-state index in [4.69, 9.17) is 0 Å². The lowest BCUT2D eigenvalue weighted by molar-refractivity contribution is 0.266. The molecule has 5 rings (SSSR count). The van der Waals surface area contributed by atoms with Gasteiger partial charge < -0.3 is 9.88 Å². The van der Waals surface area contributed by atoms with E-state index in [-0.39, 0.29) is 11.7 Å². The van der Waals surface area contributed by atoms with Gasteiger partial charge in [0.2, 0.25) is 10.0 Å². The van der Waals surface area contributed by atoms with E-state index >= 15 is 0 Å². The number of nitrogens with zero attached hydrogens (tertiary/aromatic N) is 6. The summed E-state index contributed by atoms with van der Waals surface area (Å²) in [6.45, 7) is 1.22. The molecular weight excluding hydrogens is 450 g/mol. The average molecular weight is 484 g/mol. The van der Waals surface area contributed by atoms with E-state index in [1.165, 1.54) is 0 Å². The van der Waals surface area contributed by atoms with E-state index in [2.05, 4.69) is 36.9 Å². The van der Waals surface area contributed by atoms with Crippen LogP contribution in [0.2, 0.25) is 0 Å². The van der Waals surface area contributed by atoms with Gasteiger partial charge >= 0.3 is 0 Å². The summed E-state index contributed by atoms with van der Waals surface area (Å²) in [7, 11) is -1.14. The second-order valence-corrected chi connectivity index (χ2v) is 11.7. The molecule has 0 bridgehead atoms. The van der Waals surface area contributed by atoms with Crippen LogP contribution in [0.3, 0.4) is 0 Å². The normalized spacial score (nSPS) is 22.7. The summed E-state index contributed by atoms with van der Waals surface area (Å²) < 4.78 is 28.0. The van der Waals surface area contributed by atoms with E-state index in [1.54, 1.807) is 23.0 Å². The molecule has 1 saturated heterocycles. The molecule has 182 valence electrons. The van der Waals surface area contributed by atoms with E-state index in [1.807, 2.05) is 18.3 Å². The van der Waals surface area contributed by atoms with Crippen LogP contribution in [-0.2, 0) is 16.4 Å². The first-order valence-electron chi connectivity index (χ1n) is 12.2. The molecule has 34 heavy (non-hydrogen) atoms. The van der Waals surface area contributed by atoms with Crippen LogP contribution in [0.5, 0.6) is 0 Å². The monoisotopic (exact) mass is 483 g/mol. The standard InChI is InChI=1S/C24H33N7O2S/c1-30(24-21-7-12-27-23(21)28-17-29-24)20-5-3-19(4-6-20)16-34(32,33)31-13-8-18(9-14-31)15-22-25-10-2-11-26-22/h2,7,10-12,17-20H,3-6,8-9,13-16H2,1H3,(H,27,28,29)/t19-,20-. The van der Waals surface area contributed by atoms with Crippen LogP contribution in [0.15, 0.2) is 37.1 Å². The molecule has 1 aliphatic carbocycles. The zero-order chi connectivity index (χ0) is 23.5. The Morgan fingerprint density at radius 1 is 1.00 bits per heavy atom. The van der Waals surface area contributed by atoms with Crippen molar-refractivity contribution in [3.05, 3.63) is 42.9 Å². The number of aromatic nitrogens is 5. The van der Waals surface area contributed by atoms with Crippen molar-refractivity contribution in [2.45, 2.75) is 51.0 Å². The van der Waals surface area contributed by atoms with Crippen molar-refractivity contribution in [1.82, 2.24) is 29.2 Å². The van der Waals surface area contributed by atoms with Crippen molar-refractivity contribution in [3.63, 3.8) is 0 Å². The Hall–Kier alpha value is -2.59. The Balaban J connectivity index is 1.11. The summed E-state index contributed by atoms with van der Waals surface area (Å²) in [6, 6.07) is 4.19. The summed E-state index contributed by atoms with van der Waals surface area (Å²) in [5, 5.41) is 1.02. The number of anilines is 1. The van der Waals surface area contributed by atoms with Gasteiger partial charge in [-0.15, -0.1) is 0 Å². The first-order valence-corrected chi connectivity index (χ1v) is 13.8. The quantitative estimate of drug-likeness (QED) is 0.550. The Bertz CT molecular complexity index is 1180. The first kappa shape index (κ1) is 23.2. The zero-order valence-corrected chi connectivity index (χ0v) is 20.5. The molecule has 0 radical (unpaired) electrons. The first-order chi connectivity index (χ1) is 16.5. The van der Waals surface area contributed by atoms with Crippen molar-refractivity contribution in [2.24, 2.45) is 11.8 Å². The third kappa shape index (κ3) is 5.07. The lowest BCUT2D eigenvalue weighted by Crippen LogP contribution is -2.42. The maximum absolute atomic E-state index is 13.1. The molecule has 2 aliphatic rings. The van der Waals surface area contributed by atoms with Gasteiger partial charge in [-0.2, -0.15) is 0 Å². The van der Waals surface area contributed by atoms with Gasteiger partial charge in [0.05, 0.1) is 11.1 Å². The van der Waals surface area contributed by atoms with E-state index < -0.39 is 10.0 Å². The summed E-state index contributed by atoms with van der Waals surface area (Å²) in [5.74, 6) is 2.73. The smallest absolute Gasteiger partial charge is 0.214 e. The Morgan fingerprint density at radius 3 is 2.47 bits per heavy atom. The summed E-state index contributed by atoms with van der Waals surface area (Å²) in [6.07, 6.45) is 13.4. The molecular formula is C24H33N7O2S. The number of fused-ring (bicyclic) bond motifs is 1. The molecule has 3 aromatic rings. The zero-order valence-electron chi connectivity index (χ0n) is 19.7. The highest BCUT2D eigenvalue weighted by molar-refractivity contribution is 7.89. The minimum Gasteiger partial charge on any atom is -0.356 e. The molecule has 4 heterocycles.